The van der Waals surface area contributed by atoms with Crippen LogP contribution in [0.3, 0.4) is 0 Å². The molecule has 0 heterocycles. The highest BCUT2D eigenvalue weighted by Crippen LogP contribution is 2.33. The molecule has 1 aromatic carbocycles. The average molecular weight is 366 g/mol. The van der Waals surface area contributed by atoms with Crippen LogP contribution in [0.2, 0.25) is 0 Å². The van der Waals surface area contributed by atoms with Crippen molar-refractivity contribution in [2.45, 2.75) is 38.5 Å². The van der Waals surface area contributed by atoms with Crippen LogP contribution in [-0.2, 0) is 16.5 Å². The first-order valence-electron chi connectivity index (χ1n) is 8.98. The van der Waals surface area contributed by atoms with Crippen LogP contribution < -0.4 is 10.4 Å². The fraction of sp³-hybridized carbons (Fsp3) is 0.318. The van der Waals surface area contributed by atoms with E-state index in [1.165, 1.54) is 5.57 Å². The van der Waals surface area contributed by atoms with Crippen LogP contribution in [0.4, 0.5) is 0 Å². The summed E-state index contributed by atoms with van der Waals surface area (Å²) in [5.74, 6) is 0.271. The first kappa shape index (κ1) is 17.4. The first-order chi connectivity index (χ1) is 12.4. The molecule has 0 saturated heterocycles. The number of hydrogen-bond donors (Lipinski definition) is 1. The van der Waals surface area contributed by atoms with Gasteiger partial charge in [-0.3, -0.25) is 4.79 Å². The number of rotatable bonds is 3. The minimum absolute atomic E-state index is 0.0654. The molecule has 3 aliphatic carbocycles. The van der Waals surface area contributed by atoms with Crippen molar-refractivity contribution in [2.75, 3.05) is 5.75 Å². The molecule has 0 saturated carbocycles. The van der Waals surface area contributed by atoms with Crippen LogP contribution in [-0.4, -0.2) is 20.3 Å². The Kier molecular flexibility index (Phi) is 4.20. The van der Waals surface area contributed by atoms with Gasteiger partial charge in [-0.25, -0.2) is 4.21 Å². The Labute approximate surface area is 155 Å². The Morgan fingerprint density at radius 3 is 2.73 bits per heavy atom. The second-order valence-corrected chi connectivity index (χ2v) is 8.70. The molecular weight excluding hydrogens is 344 g/mol. The molecule has 4 rings (SSSR count). The van der Waals surface area contributed by atoms with Gasteiger partial charge in [-0.1, -0.05) is 50.3 Å². The van der Waals surface area contributed by atoms with Gasteiger partial charge in [0, 0.05) is 11.0 Å². The number of fused-ring (bicyclic) bond motifs is 4. The van der Waals surface area contributed by atoms with Gasteiger partial charge in [0.05, 0.1) is 5.75 Å². The lowest BCUT2D eigenvalue weighted by Gasteiger charge is -2.31. The summed E-state index contributed by atoms with van der Waals surface area (Å²) in [5.41, 5.74) is 4.94. The molecule has 3 nitrogen and oxygen atoms in total. The molecule has 1 aromatic rings. The van der Waals surface area contributed by atoms with Crippen molar-refractivity contribution in [3.63, 3.8) is 0 Å². The molecule has 0 bridgehead atoms. The Balaban J connectivity index is 2.04. The van der Waals surface area contributed by atoms with Crippen LogP contribution in [0.5, 0.6) is 0 Å². The van der Waals surface area contributed by atoms with Gasteiger partial charge >= 0.3 is 0 Å². The van der Waals surface area contributed by atoms with Crippen molar-refractivity contribution in [1.82, 2.24) is 0 Å². The predicted molar refractivity (Wildman–Crippen MR) is 106 cm³/mol. The van der Waals surface area contributed by atoms with Crippen molar-refractivity contribution < 1.29 is 13.6 Å². The van der Waals surface area contributed by atoms with Gasteiger partial charge in [0.1, 0.15) is 0 Å². The zero-order valence-electron chi connectivity index (χ0n) is 15.0. The van der Waals surface area contributed by atoms with Crippen molar-refractivity contribution in [2.24, 2.45) is 0 Å². The summed E-state index contributed by atoms with van der Waals surface area (Å²) in [6, 6.07) is 4.16. The monoisotopic (exact) mass is 366 g/mol. The lowest BCUT2D eigenvalue weighted by atomic mass is 9.72. The molecule has 0 spiro atoms. The smallest absolute Gasteiger partial charge is 0.187 e. The lowest BCUT2D eigenvalue weighted by Crippen LogP contribution is -2.38. The fourth-order valence-electron chi connectivity index (χ4n) is 4.27. The predicted octanol–water partition coefficient (Wildman–Crippen LogP) is 2.92. The summed E-state index contributed by atoms with van der Waals surface area (Å²) < 4.78 is 20.3. The zero-order chi connectivity index (χ0) is 18.5. The fourth-order valence-corrected chi connectivity index (χ4v) is 4.66. The molecule has 0 radical (unpaired) electrons. The normalized spacial score (nSPS) is 21.0. The summed E-state index contributed by atoms with van der Waals surface area (Å²) in [7, 11) is 0. The molecule has 4 heteroatoms. The zero-order valence-corrected chi connectivity index (χ0v) is 15.9. The van der Waals surface area contributed by atoms with Crippen molar-refractivity contribution in [1.29, 1.82) is 0 Å². The second kappa shape index (κ2) is 6.29. The Hall–Kier alpha value is -2.04. The quantitative estimate of drug-likeness (QED) is 0.837. The van der Waals surface area contributed by atoms with Crippen molar-refractivity contribution in [3.8, 4) is 0 Å². The maximum absolute atomic E-state index is 13.0. The standard InChI is InChI=1S/C22H22O3S/c1-22(2)11-9-14(10-12-26(24)25)17-7-8-18-16-6-4-3-5-15(16)13-19(23)20(18)21(17)22/h3,5,7-9,11,13H,4,6,10,12H2,1-2H3,(H,24,25). The van der Waals surface area contributed by atoms with E-state index in [1.54, 1.807) is 6.08 Å². The van der Waals surface area contributed by atoms with Gasteiger partial charge in [-0.15, -0.1) is 0 Å². The SMILES string of the molecule is CC1(C)C=CC(CCS(=O)O)=c2ccc3c(c21)C(=O)C=C1C=CCCC=31. The summed E-state index contributed by atoms with van der Waals surface area (Å²) in [5, 5.41) is 2.10. The van der Waals surface area contributed by atoms with Crippen LogP contribution in [0, 0.1) is 0 Å². The minimum atomic E-state index is -1.82. The molecule has 0 fully saturated rings. The van der Waals surface area contributed by atoms with E-state index in [0.717, 1.165) is 45.6 Å². The van der Waals surface area contributed by atoms with E-state index in [-0.39, 0.29) is 17.0 Å². The van der Waals surface area contributed by atoms with Crippen molar-refractivity contribution in [3.05, 3.63) is 69.7 Å². The number of hydrogen-bond acceptors (Lipinski definition) is 2. The summed E-state index contributed by atoms with van der Waals surface area (Å²) in [4.78, 5) is 13.0. The van der Waals surface area contributed by atoms with Gasteiger partial charge in [-0.05, 0) is 58.1 Å². The summed E-state index contributed by atoms with van der Waals surface area (Å²) in [6.07, 6.45) is 12.6. The largest absolute Gasteiger partial charge is 0.306 e. The Morgan fingerprint density at radius 1 is 1.19 bits per heavy atom. The topological polar surface area (TPSA) is 54.4 Å². The third-order valence-corrected chi connectivity index (χ3v) is 6.06. The minimum Gasteiger partial charge on any atom is -0.306 e. The van der Waals surface area contributed by atoms with Gasteiger partial charge in [0.2, 0.25) is 0 Å². The maximum atomic E-state index is 13.0. The summed E-state index contributed by atoms with van der Waals surface area (Å²) >= 11 is -1.82. The molecule has 0 aliphatic heterocycles. The van der Waals surface area contributed by atoms with E-state index in [4.69, 9.17) is 4.55 Å². The molecule has 1 N–H and O–H groups in total. The molecule has 1 atom stereocenters. The molecule has 3 aliphatic rings. The van der Waals surface area contributed by atoms with Crippen LogP contribution >= 0.6 is 0 Å². The highest BCUT2D eigenvalue weighted by molar-refractivity contribution is 7.79. The number of carbonyl (C=O) groups excluding carboxylic acids is 1. The highest BCUT2D eigenvalue weighted by Gasteiger charge is 2.31. The van der Waals surface area contributed by atoms with E-state index in [2.05, 4.69) is 44.2 Å². The molecule has 0 amide bonds. The molecule has 1 unspecified atom stereocenters. The van der Waals surface area contributed by atoms with Crippen LogP contribution in [0.1, 0.15) is 49.0 Å². The molecule has 134 valence electrons. The Morgan fingerprint density at radius 2 is 1.96 bits per heavy atom. The Bertz CT molecular complexity index is 1050. The van der Waals surface area contributed by atoms with E-state index >= 15 is 0 Å². The van der Waals surface area contributed by atoms with E-state index in [1.807, 2.05) is 6.08 Å². The van der Waals surface area contributed by atoms with Crippen LogP contribution in [0.15, 0.2) is 48.1 Å². The van der Waals surface area contributed by atoms with E-state index in [0.29, 0.717) is 6.42 Å². The lowest BCUT2D eigenvalue weighted by molar-refractivity contribution is 0.104. The maximum Gasteiger partial charge on any atom is 0.187 e. The highest BCUT2D eigenvalue weighted by atomic mass is 32.2. The van der Waals surface area contributed by atoms with Crippen LogP contribution in [0.25, 0.3) is 11.1 Å². The number of benzene rings is 1. The average Bonchev–Trinajstić information content (AvgIpc) is 2.60. The van der Waals surface area contributed by atoms with Gasteiger partial charge in [-0.2, -0.15) is 0 Å². The molecule has 26 heavy (non-hydrogen) atoms. The van der Waals surface area contributed by atoms with Crippen molar-refractivity contribution >= 4 is 28.0 Å². The molecule has 0 aromatic heterocycles. The third-order valence-electron chi connectivity index (χ3n) is 5.51. The number of ketones is 1. The third kappa shape index (κ3) is 2.78. The van der Waals surface area contributed by atoms with E-state index in [9.17, 15) is 9.00 Å². The number of allylic oxidation sites excluding steroid dienone is 6. The van der Waals surface area contributed by atoms with Gasteiger partial charge in [0.25, 0.3) is 0 Å². The second-order valence-electron chi connectivity index (χ2n) is 7.65. The molecular formula is C22H22O3S. The number of carbonyl (C=O) groups is 1. The first-order valence-corrected chi connectivity index (χ1v) is 10.3. The van der Waals surface area contributed by atoms with Gasteiger partial charge in [0.15, 0.2) is 16.9 Å². The summed E-state index contributed by atoms with van der Waals surface area (Å²) in [6.45, 7) is 4.25. The van der Waals surface area contributed by atoms with Gasteiger partial charge < -0.3 is 4.55 Å². The van der Waals surface area contributed by atoms with E-state index < -0.39 is 11.1 Å².